The van der Waals surface area contributed by atoms with E-state index in [-0.39, 0.29) is 18.4 Å². The SMILES string of the molecule is O=C(C1C(O)CC(O)CC1OCC1CCCCC1)N1CCC2CCCC(NC3CCNNC3)C2C1. The van der Waals surface area contributed by atoms with E-state index >= 15 is 0 Å². The van der Waals surface area contributed by atoms with E-state index in [4.69, 9.17) is 4.74 Å². The fourth-order valence-electron chi connectivity index (χ4n) is 7.65. The number of likely N-dealkylation sites (tertiary alicyclic amines) is 1. The number of ether oxygens (including phenoxy) is 1. The van der Waals surface area contributed by atoms with Crippen molar-refractivity contribution in [2.24, 2.45) is 23.7 Å². The van der Waals surface area contributed by atoms with Gasteiger partial charge in [0.25, 0.3) is 0 Å². The fraction of sp³-hybridized carbons (Fsp3) is 0.963. The molecule has 0 bridgehead atoms. The average Bonchev–Trinajstić information content (AvgIpc) is 2.88. The van der Waals surface area contributed by atoms with Crippen LogP contribution in [0.2, 0.25) is 0 Å². The second-order valence-corrected chi connectivity index (χ2v) is 12.1. The van der Waals surface area contributed by atoms with Crippen molar-refractivity contribution in [3.8, 4) is 0 Å². The van der Waals surface area contributed by atoms with Gasteiger partial charge in [-0.2, -0.15) is 0 Å². The molecule has 0 aromatic carbocycles. The lowest BCUT2D eigenvalue weighted by Crippen LogP contribution is -2.60. The van der Waals surface area contributed by atoms with Crippen LogP contribution in [0.4, 0.5) is 0 Å². The van der Waals surface area contributed by atoms with E-state index in [1.165, 1.54) is 51.4 Å². The highest BCUT2D eigenvalue weighted by Gasteiger charge is 2.46. The largest absolute Gasteiger partial charge is 0.393 e. The maximum atomic E-state index is 13.9. The lowest BCUT2D eigenvalue weighted by Gasteiger charge is -2.48. The van der Waals surface area contributed by atoms with Gasteiger partial charge in [-0.25, -0.2) is 0 Å². The van der Waals surface area contributed by atoms with E-state index in [1.807, 2.05) is 4.90 Å². The quantitative estimate of drug-likeness (QED) is 0.383. The van der Waals surface area contributed by atoms with Crippen LogP contribution in [0.25, 0.3) is 0 Å². The van der Waals surface area contributed by atoms with E-state index in [0.717, 1.165) is 39.0 Å². The maximum Gasteiger partial charge on any atom is 0.230 e. The number of nitrogens with one attached hydrogen (secondary N) is 3. The number of amides is 1. The van der Waals surface area contributed by atoms with Gasteiger partial charge in [0.15, 0.2) is 0 Å². The Morgan fingerprint density at radius 1 is 0.971 bits per heavy atom. The Morgan fingerprint density at radius 2 is 1.83 bits per heavy atom. The van der Waals surface area contributed by atoms with E-state index in [1.54, 1.807) is 0 Å². The number of aliphatic hydroxyl groups is 2. The highest BCUT2D eigenvalue weighted by Crippen LogP contribution is 2.39. The summed E-state index contributed by atoms with van der Waals surface area (Å²) in [7, 11) is 0. The van der Waals surface area contributed by atoms with Gasteiger partial charge in [0.1, 0.15) is 0 Å². The van der Waals surface area contributed by atoms with Gasteiger partial charge in [-0.3, -0.25) is 15.6 Å². The van der Waals surface area contributed by atoms with Crippen LogP contribution in [0.1, 0.15) is 77.0 Å². The number of carbonyl (C=O) groups excluding carboxylic acids is 1. The summed E-state index contributed by atoms with van der Waals surface area (Å²) in [5.41, 5.74) is 6.49. The Labute approximate surface area is 210 Å². The molecule has 1 amide bonds. The molecule has 8 unspecified atom stereocenters. The Morgan fingerprint density at radius 3 is 2.63 bits per heavy atom. The van der Waals surface area contributed by atoms with Gasteiger partial charge in [0.05, 0.1) is 24.2 Å². The number of nitrogens with zero attached hydrogens (tertiary/aromatic N) is 1. The molecule has 5 N–H and O–H groups in total. The first-order valence-corrected chi connectivity index (χ1v) is 14.6. The van der Waals surface area contributed by atoms with Gasteiger partial charge in [0, 0.05) is 57.7 Å². The summed E-state index contributed by atoms with van der Waals surface area (Å²) < 4.78 is 6.32. The molecule has 2 heterocycles. The molecule has 5 fully saturated rings. The molecule has 0 spiro atoms. The molecule has 200 valence electrons. The summed E-state index contributed by atoms with van der Waals surface area (Å²) in [6, 6.07) is 0.927. The number of hydrazine groups is 1. The van der Waals surface area contributed by atoms with Crippen LogP contribution in [0, 0.1) is 23.7 Å². The topological polar surface area (TPSA) is 106 Å². The molecule has 8 nitrogen and oxygen atoms in total. The van der Waals surface area contributed by atoms with Crippen molar-refractivity contribution in [1.29, 1.82) is 0 Å². The highest BCUT2D eigenvalue weighted by molar-refractivity contribution is 5.80. The highest BCUT2D eigenvalue weighted by atomic mass is 16.5. The second-order valence-electron chi connectivity index (χ2n) is 12.1. The van der Waals surface area contributed by atoms with Gasteiger partial charge >= 0.3 is 0 Å². The van der Waals surface area contributed by atoms with Crippen molar-refractivity contribution >= 4 is 5.91 Å². The van der Waals surface area contributed by atoms with Crippen LogP contribution in [0.3, 0.4) is 0 Å². The van der Waals surface area contributed by atoms with Gasteiger partial charge in [-0.15, -0.1) is 0 Å². The number of carbonyl (C=O) groups is 1. The smallest absolute Gasteiger partial charge is 0.230 e. The number of rotatable bonds is 6. The molecular weight excluding hydrogens is 444 g/mol. The summed E-state index contributed by atoms with van der Waals surface area (Å²) >= 11 is 0. The standard InChI is InChI=1S/C27H48N4O4/c32-21-13-24(33)26(25(14-21)35-17-18-5-2-1-3-6-18)27(34)31-12-10-19-7-4-8-23(22(19)16-31)30-20-9-11-28-29-15-20/h18-26,28-30,32-33H,1-17H2. The maximum absolute atomic E-state index is 13.9. The molecule has 5 rings (SSSR count). The number of piperidine rings is 1. The Kier molecular flexibility index (Phi) is 9.00. The monoisotopic (exact) mass is 492 g/mol. The molecule has 35 heavy (non-hydrogen) atoms. The molecule has 2 saturated heterocycles. The minimum Gasteiger partial charge on any atom is -0.393 e. The molecule has 0 aromatic rings. The lowest BCUT2D eigenvalue weighted by molar-refractivity contribution is -0.162. The van der Waals surface area contributed by atoms with Crippen LogP contribution >= 0.6 is 0 Å². The average molecular weight is 493 g/mol. The summed E-state index contributed by atoms with van der Waals surface area (Å²) in [5.74, 6) is 1.19. The fourth-order valence-corrected chi connectivity index (χ4v) is 7.65. The zero-order valence-electron chi connectivity index (χ0n) is 21.4. The Balaban J connectivity index is 1.22. The summed E-state index contributed by atoms with van der Waals surface area (Å²) in [6.45, 7) is 4.13. The van der Waals surface area contributed by atoms with Crippen LogP contribution in [-0.4, -0.2) is 84.2 Å². The van der Waals surface area contributed by atoms with Crippen LogP contribution < -0.4 is 16.2 Å². The van der Waals surface area contributed by atoms with E-state index in [9.17, 15) is 15.0 Å². The molecular formula is C27H48N4O4. The Hall–Kier alpha value is -0.770. The molecule has 5 aliphatic rings. The molecule has 3 aliphatic carbocycles. The van der Waals surface area contributed by atoms with E-state index < -0.39 is 18.1 Å². The minimum absolute atomic E-state index is 0.0457. The summed E-state index contributed by atoms with van der Waals surface area (Å²) in [6.07, 6.45) is 11.0. The van der Waals surface area contributed by atoms with E-state index in [0.29, 0.717) is 42.9 Å². The van der Waals surface area contributed by atoms with Gasteiger partial charge < -0.3 is 25.2 Å². The van der Waals surface area contributed by atoms with E-state index in [2.05, 4.69) is 16.2 Å². The number of fused-ring (bicyclic) bond motifs is 1. The van der Waals surface area contributed by atoms with Crippen LogP contribution in [-0.2, 0) is 9.53 Å². The van der Waals surface area contributed by atoms with Crippen molar-refractivity contribution in [2.45, 2.75) is 107 Å². The predicted molar refractivity (Wildman–Crippen MR) is 134 cm³/mol. The minimum atomic E-state index is -0.832. The van der Waals surface area contributed by atoms with Crippen molar-refractivity contribution in [2.75, 3.05) is 32.8 Å². The van der Waals surface area contributed by atoms with Crippen molar-refractivity contribution in [3.05, 3.63) is 0 Å². The van der Waals surface area contributed by atoms with Crippen molar-refractivity contribution < 1.29 is 19.7 Å². The van der Waals surface area contributed by atoms with Gasteiger partial charge in [-0.1, -0.05) is 25.7 Å². The van der Waals surface area contributed by atoms with Crippen LogP contribution in [0.5, 0.6) is 0 Å². The molecule has 2 aliphatic heterocycles. The first-order valence-electron chi connectivity index (χ1n) is 14.6. The van der Waals surface area contributed by atoms with Crippen LogP contribution in [0.15, 0.2) is 0 Å². The Bertz CT molecular complexity index is 684. The zero-order chi connectivity index (χ0) is 24.2. The number of hydrogen-bond acceptors (Lipinski definition) is 7. The number of hydrogen-bond donors (Lipinski definition) is 5. The van der Waals surface area contributed by atoms with Crippen molar-refractivity contribution in [1.82, 2.24) is 21.1 Å². The normalized spacial score (nSPS) is 41.4. The second kappa shape index (κ2) is 12.2. The summed E-state index contributed by atoms with van der Waals surface area (Å²) in [5, 5.41) is 25.2. The molecule has 8 heteroatoms. The molecule has 0 radical (unpaired) electrons. The molecule has 0 aromatic heterocycles. The first kappa shape index (κ1) is 25.9. The third-order valence-corrected chi connectivity index (χ3v) is 9.66. The summed E-state index contributed by atoms with van der Waals surface area (Å²) in [4.78, 5) is 15.9. The molecule has 3 saturated carbocycles. The third-order valence-electron chi connectivity index (χ3n) is 9.66. The predicted octanol–water partition coefficient (Wildman–Crippen LogP) is 1.56. The van der Waals surface area contributed by atoms with Gasteiger partial charge in [0.2, 0.25) is 5.91 Å². The third kappa shape index (κ3) is 6.39. The van der Waals surface area contributed by atoms with Gasteiger partial charge in [-0.05, 0) is 56.3 Å². The first-order chi connectivity index (χ1) is 17.1. The number of aliphatic hydroxyl groups excluding tert-OH is 2. The zero-order valence-corrected chi connectivity index (χ0v) is 21.4. The molecule has 8 atom stereocenters. The lowest BCUT2D eigenvalue weighted by atomic mass is 9.71. The van der Waals surface area contributed by atoms with Crippen molar-refractivity contribution in [3.63, 3.8) is 0 Å².